The second-order valence-electron chi connectivity index (χ2n) is 5.59. The van der Waals surface area contributed by atoms with E-state index in [1.165, 1.54) is 22.9 Å². The highest BCUT2D eigenvalue weighted by Crippen LogP contribution is 2.17. The molecule has 18 heavy (non-hydrogen) atoms. The highest BCUT2D eigenvalue weighted by molar-refractivity contribution is 7.11. The third-order valence-electron chi connectivity index (χ3n) is 3.40. The van der Waals surface area contributed by atoms with E-state index >= 15 is 0 Å². The van der Waals surface area contributed by atoms with Crippen molar-refractivity contribution in [2.45, 2.75) is 46.2 Å². The van der Waals surface area contributed by atoms with Crippen LogP contribution in [0.1, 0.15) is 37.1 Å². The highest BCUT2D eigenvalue weighted by Gasteiger charge is 2.20. The lowest BCUT2D eigenvalue weighted by Crippen LogP contribution is -2.50. The van der Waals surface area contributed by atoms with Gasteiger partial charge in [0.2, 0.25) is 0 Å². The predicted molar refractivity (Wildman–Crippen MR) is 78.0 cm³/mol. The van der Waals surface area contributed by atoms with Gasteiger partial charge in [-0.2, -0.15) is 0 Å². The monoisotopic (exact) mass is 267 g/mol. The number of aromatic nitrogens is 1. The Balaban J connectivity index is 1.85. The van der Waals surface area contributed by atoms with Crippen molar-refractivity contribution in [3.63, 3.8) is 0 Å². The summed E-state index contributed by atoms with van der Waals surface area (Å²) in [6.45, 7) is 11.3. The van der Waals surface area contributed by atoms with Crippen molar-refractivity contribution in [1.29, 1.82) is 0 Å². The van der Waals surface area contributed by atoms with Crippen molar-refractivity contribution in [2.75, 3.05) is 19.6 Å². The van der Waals surface area contributed by atoms with Crippen LogP contribution in [0.5, 0.6) is 0 Å². The first-order chi connectivity index (χ1) is 8.67. The molecule has 1 saturated heterocycles. The van der Waals surface area contributed by atoms with Crippen LogP contribution < -0.4 is 5.32 Å². The Labute approximate surface area is 115 Å². The molecule has 2 heterocycles. The second-order valence-corrected chi connectivity index (χ2v) is 6.79. The van der Waals surface area contributed by atoms with Crippen molar-refractivity contribution in [1.82, 2.24) is 15.2 Å². The molecule has 102 valence electrons. The maximum absolute atomic E-state index is 4.52. The zero-order valence-corrected chi connectivity index (χ0v) is 12.6. The lowest BCUT2D eigenvalue weighted by atomic mass is 10.0. The quantitative estimate of drug-likeness (QED) is 0.888. The van der Waals surface area contributed by atoms with Crippen molar-refractivity contribution in [2.24, 2.45) is 5.92 Å². The first-order valence-corrected chi connectivity index (χ1v) is 7.88. The molecule has 1 aromatic heterocycles. The predicted octanol–water partition coefficient (Wildman–Crippen LogP) is 2.53. The van der Waals surface area contributed by atoms with Crippen LogP contribution in [-0.4, -0.2) is 35.6 Å². The fourth-order valence-electron chi connectivity index (χ4n) is 2.54. The molecule has 2 rings (SSSR count). The lowest BCUT2D eigenvalue weighted by Gasteiger charge is -2.34. The van der Waals surface area contributed by atoms with Gasteiger partial charge in [0.25, 0.3) is 0 Å². The summed E-state index contributed by atoms with van der Waals surface area (Å²) in [7, 11) is 0. The second kappa shape index (κ2) is 6.64. The van der Waals surface area contributed by atoms with Crippen molar-refractivity contribution in [3.05, 3.63) is 16.1 Å². The fourth-order valence-corrected chi connectivity index (χ4v) is 3.45. The molecule has 0 aromatic carbocycles. The summed E-state index contributed by atoms with van der Waals surface area (Å²) in [5.74, 6) is 0.772. The highest BCUT2D eigenvalue weighted by atomic mass is 32.1. The van der Waals surface area contributed by atoms with Crippen molar-refractivity contribution < 1.29 is 0 Å². The summed E-state index contributed by atoms with van der Waals surface area (Å²) >= 11 is 1.87. The number of nitrogens with zero attached hydrogens (tertiary/aromatic N) is 2. The van der Waals surface area contributed by atoms with Gasteiger partial charge in [-0.3, -0.25) is 4.90 Å². The Morgan fingerprint density at radius 3 is 3.06 bits per heavy atom. The zero-order chi connectivity index (χ0) is 13.0. The van der Waals surface area contributed by atoms with Gasteiger partial charge in [-0.15, -0.1) is 11.3 Å². The van der Waals surface area contributed by atoms with E-state index in [2.05, 4.69) is 36.0 Å². The van der Waals surface area contributed by atoms with Gasteiger partial charge in [0.1, 0.15) is 5.01 Å². The number of rotatable bonds is 5. The number of nitrogens with one attached hydrogen (secondary N) is 1. The molecule has 1 aliphatic rings. The molecule has 1 fully saturated rings. The van der Waals surface area contributed by atoms with Gasteiger partial charge in [0.15, 0.2) is 0 Å². The van der Waals surface area contributed by atoms with Gasteiger partial charge < -0.3 is 5.32 Å². The van der Waals surface area contributed by atoms with E-state index in [1.54, 1.807) is 0 Å². The molecule has 0 aliphatic carbocycles. The Morgan fingerprint density at radius 2 is 2.39 bits per heavy atom. The van der Waals surface area contributed by atoms with Gasteiger partial charge in [0.05, 0.1) is 6.54 Å². The molecule has 1 N–H and O–H groups in total. The van der Waals surface area contributed by atoms with Gasteiger partial charge in [-0.1, -0.05) is 20.8 Å². The molecular weight excluding hydrogens is 242 g/mol. The van der Waals surface area contributed by atoms with Crippen molar-refractivity contribution in [3.8, 4) is 0 Å². The molecule has 0 bridgehead atoms. The average Bonchev–Trinajstić information content (AvgIpc) is 2.76. The normalized spacial score (nSPS) is 21.7. The van der Waals surface area contributed by atoms with E-state index in [4.69, 9.17) is 0 Å². The summed E-state index contributed by atoms with van der Waals surface area (Å²) in [6, 6.07) is 0.657. The molecule has 1 atom stereocenters. The first kappa shape index (κ1) is 14.0. The third-order valence-corrected chi connectivity index (χ3v) is 4.53. The Hall–Kier alpha value is -0.450. The zero-order valence-electron chi connectivity index (χ0n) is 11.8. The number of hydrogen-bond acceptors (Lipinski definition) is 4. The van der Waals surface area contributed by atoms with Crippen LogP contribution in [0.2, 0.25) is 0 Å². The fraction of sp³-hybridized carbons (Fsp3) is 0.786. The summed E-state index contributed by atoms with van der Waals surface area (Å²) in [5, 5.41) is 4.90. The van der Waals surface area contributed by atoms with E-state index < -0.39 is 0 Å². The largest absolute Gasteiger partial charge is 0.311 e. The molecular formula is C14H25N3S. The van der Waals surface area contributed by atoms with Gasteiger partial charge in [-0.05, 0) is 18.8 Å². The number of hydrogen-bond donors (Lipinski definition) is 1. The van der Waals surface area contributed by atoms with Crippen LogP contribution in [0.25, 0.3) is 0 Å². The Morgan fingerprint density at radius 1 is 1.56 bits per heavy atom. The SMILES string of the molecule is CCc1cnc(CN2CCNC(CC(C)C)C2)s1. The topological polar surface area (TPSA) is 28.2 Å². The maximum Gasteiger partial charge on any atom is 0.107 e. The summed E-state index contributed by atoms with van der Waals surface area (Å²) in [6.07, 6.45) is 4.41. The average molecular weight is 267 g/mol. The van der Waals surface area contributed by atoms with Gasteiger partial charge >= 0.3 is 0 Å². The molecule has 1 unspecified atom stereocenters. The van der Waals surface area contributed by atoms with Gasteiger partial charge in [-0.25, -0.2) is 4.98 Å². The molecule has 1 aliphatic heterocycles. The Kier molecular flexibility index (Phi) is 5.15. The summed E-state index contributed by atoms with van der Waals surface area (Å²) in [4.78, 5) is 8.47. The van der Waals surface area contributed by atoms with Crippen LogP contribution >= 0.6 is 11.3 Å². The van der Waals surface area contributed by atoms with Crippen LogP contribution in [0.3, 0.4) is 0 Å². The maximum atomic E-state index is 4.52. The first-order valence-electron chi connectivity index (χ1n) is 7.06. The molecule has 0 spiro atoms. The van der Waals surface area contributed by atoms with Crippen LogP contribution in [0, 0.1) is 5.92 Å². The minimum absolute atomic E-state index is 0.657. The minimum atomic E-state index is 0.657. The smallest absolute Gasteiger partial charge is 0.107 e. The van der Waals surface area contributed by atoms with E-state index in [-0.39, 0.29) is 0 Å². The third kappa shape index (κ3) is 4.04. The molecule has 0 amide bonds. The van der Waals surface area contributed by atoms with E-state index in [9.17, 15) is 0 Å². The Bertz CT molecular complexity index is 362. The van der Waals surface area contributed by atoms with E-state index in [0.717, 1.165) is 32.0 Å². The molecule has 4 heteroatoms. The molecule has 3 nitrogen and oxygen atoms in total. The number of thiazole rings is 1. The summed E-state index contributed by atoms with van der Waals surface area (Å²) < 4.78 is 0. The standard InChI is InChI=1S/C14H25N3S/c1-4-13-8-16-14(18-13)10-17-6-5-15-12(9-17)7-11(2)3/h8,11-12,15H,4-7,9-10H2,1-3H3. The molecule has 1 aromatic rings. The molecule has 0 radical (unpaired) electrons. The van der Waals surface area contributed by atoms with E-state index in [0.29, 0.717) is 6.04 Å². The van der Waals surface area contributed by atoms with Crippen molar-refractivity contribution >= 4 is 11.3 Å². The minimum Gasteiger partial charge on any atom is -0.311 e. The molecule has 0 saturated carbocycles. The van der Waals surface area contributed by atoms with Crippen LogP contribution in [0.15, 0.2) is 6.20 Å². The number of aryl methyl sites for hydroxylation is 1. The van der Waals surface area contributed by atoms with E-state index in [1.807, 2.05) is 17.5 Å². The number of piperazine rings is 1. The lowest BCUT2D eigenvalue weighted by molar-refractivity contribution is 0.179. The van der Waals surface area contributed by atoms with Gasteiger partial charge in [0, 0.05) is 36.8 Å². The van der Waals surface area contributed by atoms with Crippen LogP contribution in [-0.2, 0) is 13.0 Å². The van der Waals surface area contributed by atoms with Crippen LogP contribution in [0.4, 0.5) is 0 Å². The summed E-state index contributed by atoms with van der Waals surface area (Å²) in [5.41, 5.74) is 0.